The number of amides is 1. The molecule has 0 spiro atoms. The van der Waals surface area contributed by atoms with Crippen molar-refractivity contribution in [2.45, 2.75) is 31.2 Å². The van der Waals surface area contributed by atoms with Gasteiger partial charge in [0.1, 0.15) is 5.82 Å². The van der Waals surface area contributed by atoms with Crippen molar-refractivity contribution in [1.82, 2.24) is 14.8 Å². The summed E-state index contributed by atoms with van der Waals surface area (Å²) in [6.45, 7) is 5.77. The Morgan fingerprint density at radius 2 is 1.74 bits per heavy atom. The number of hydrogen-bond donors (Lipinski definition) is 1. The molecule has 7 heteroatoms. The number of nitrogens with one attached hydrogen (secondary N) is 1. The van der Waals surface area contributed by atoms with Crippen LogP contribution in [0.25, 0.3) is 11.4 Å². The quantitative estimate of drug-likeness (QED) is 0.664. The van der Waals surface area contributed by atoms with Crippen molar-refractivity contribution >= 4 is 23.4 Å². The van der Waals surface area contributed by atoms with Crippen LogP contribution in [-0.2, 0) is 11.8 Å². The molecule has 0 bridgehead atoms. The van der Waals surface area contributed by atoms with Crippen LogP contribution < -0.4 is 5.32 Å². The fourth-order valence-electron chi connectivity index (χ4n) is 2.72. The fourth-order valence-corrected chi connectivity index (χ4v) is 3.53. The topological polar surface area (TPSA) is 59.8 Å². The normalized spacial score (nSPS) is 12.0. The van der Waals surface area contributed by atoms with Gasteiger partial charge in [-0.1, -0.05) is 30.0 Å². The number of aryl methyl sites for hydroxylation is 2. The molecule has 140 valence electrons. The highest BCUT2D eigenvalue weighted by Crippen LogP contribution is 2.27. The largest absolute Gasteiger partial charge is 0.325 e. The molecule has 27 heavy (non-hydrogen) atoms. The van der Waals surface area contributed by atoms with Gasteiger partial charge in [0, 0.05) is 18.3 Å². The van der Waals surface area contributed by atoms with E-state index < -0.39 is 0 Å². The van der Waals surface area contributed by atoms with Crippen molar-refractivity contribution in [3.8, 4) is 11.4 Å². The molecule has 0 saturated carbocycles. The summed E-state index contributed by atoms with van der Waals surface area (Å²) in [5.41, 5.74) is 3.67. The van der Waals surface area contributed by atoms with Crippen molar-refractivity contribution in [2.75, 3.05) is 5.32 Å². The van der Waals surface area contributed by atoms with Gasteiger partial charge in [-0.15, -0.1) is 10.2 Å². The van der Waals surface area contributed by atoms with Crippen molar-refractivity contribution < 1.29 is 9.18 Å². The third kappa shape index (κ3) is 4.19. The second kappa shape index (κ2) is 7.92. The lowest BCUT2D eigenvalue weighted by atomic mass is 10.1. The minimum Gasteiger partial charge on any atom is -0.325 e. The Balaban J connectivity index is 1.73. The number of carbonyl (C=O) groups is 1. The lowest BCUT2D eigenvalue weighted by molar-refractivity contribution is -0.115. The van der Waals surface area contributed by atoms with Crippen LogP contribution in [0.5, 0.6) is 0 Å². The lowest BCUT2D eigenvalue weighted by Crippen LogP contribution is -2.23. The average molecular weight is 384 g/mol. The van der Waals surface area contributed by atoms with Crippen LogP contribution in [0.3, 0.4) is 0 Å². The first-order valence-electron chi connectivity index (χ1n) is 8.56. The molecule has 0 aliphatic rings. The van der Waals surface area contributed by atoms with Gasteiger partial charge in [0.2, 0.25) is 5.91 Å². The molecule has 1 heterocycles. The molecule has 0 aliphatic carbocycles. The van der Waals surface area contributed by atoms with Crippen LogP contribution >= 0.6 is 11.8 Å². The summed E-state index contributed by atoms with van der Waals surface area (Å²) >= 11 is 1.33. The first-order valence-corrected chi connectivity index (χ1v) is 9.44. The maximum Gasteiger partial charge on any atom is 0.237 e. The van der Waals surface area contributed by atoms with Gasteiger partial charge in [0.15, 0.2) is 11.0 Å². The van der Waals surface area contributed by atoms with Gasteiger partial charge in [-0.2, -0.15) is 0 Å². The van der Waals surface area contributed by atoms with E-state index >= 15 is 0 Å². The molecule has 5 nitrogen and oxygen atoms in total. The fraction of sp³-hybridized carbons (Fsp3) is 0.250. The summed E-state index contributed by atoms with van der Waals surface area (Å²) in [6, 6.07) is 12.0. The van der Waals surface area contributed by atoms with E-state index in [1.54, 1.807) is 16.7 Å². The number of halogens is 1. The standard InChI is InChI=1S/C20H21FN4OS/c1-12-6-5-7-13(2)17(12)22-19(26)14(3)27-20-24-23-18(25(20)4)15-8-10-16(21)11-9-15/h5-11,14H,1-4H3,(H,22,26). The Morgan fingerprint density at radius 1 is 1.11 bits per heavy atom. The lowest BCUT2D eigenvalue weighted by Gasteiger charge is -2.15. The van der Waals surface area contributed by atoms with Gasteiger partial charge >= 0.3 is 0 Å². The third-order valence-electron chi connectivity index (χ3n) is 4.32. The van der Waals surface area contributed by atoms with Crippen LogP contribution in [0.1, 0.15) is 18.1 Å². The number of aromatic nitrogens is 3. The Bertz CT molecular complexity index is 948. The second-order valence-corrected chi connectivity index (χ2v) is 7.70. The number of carbonyl (C=O) groups excluding carboxylic acids is 1. The van der Waals surface area contributed by atoms with Crippen molar-refractivity contribution in [1.29, 1.82) is 0 Å². The molecule has 1 N–H and O–H groups in total. The van der Waals surface area contributed by atoms with Gasteiger partial charge < -0.3 is 9.88 Å². The number of benzene rings is 2. The Hall–Kier alpha value is -2.67. The number of para-hydroxylation sites is 1. The first-order chi connectivity index (χ1) is 12.9. The third-order valence-corrected chi connectivity index (χ3v) is 5.45. The molecule has 0 aliphatic heterocycles. The summed E-state index contributed by atoms with van der Waals surface area (Å²) in [6.07, 6.45) is 0. The zero-order valence-corrected chi connectivity index (χ0v) is 16.5. The summed E-state index contributed by atoms with van der Waals surface area (Å²) in [5.74, 6) is 0.232. The Labute approximate surface area is 162 Å². The van der Waals surface area contributed by atoms with Crippen LogP contribution in [0, 0.1) is 19.7 Å². The molecule has 0 saturated heterocycles. The number of nitrogens with zero attached hydrogens (tertiary/aromatic N) is 3. The van der Waals surface area contributed by atoms with E-state index in [4.69, 9.17) is 0 Å². The summed E-state index contributed by atoms with van der Waals surface area (Å²) in [7, 11) is 1.83. The molecular weight excluding hydrogens is 363 g/mol. The van der Waals surface area contributed by atoms with E-state index in [9.17, 15) is 9.18 Å². The molecule has 1 unspecified atom stereocenters. The van der Waals surface area contributed by atoms with E-state index in [0.29, 0.717) is 11.0 Å². The van der Waals surface area contributed by atoms with Crippen LogP contribution in [0.15, 0.2) is 47.6 Å². The van der Waals surface area contributed by atoms with E-state index in [1.807, 2.05) is 46.0 Å². The average Bonchev–Trinajstić information content (AvgIpc) is 2.99. The van der Waals surface area contributed by atoms with Crippen LogP contribution in [0.4, 0.5) is 10.1 Å². The smallest absolute Gasteiger partial charge is 0.237 e. The van der Waals surface area contributed by atoms with Gasteiger partial charge in [-0.25, -0.2) is 4.39 Å². The van der Waals surface area contributed by atoms with Crippen LogP contribution in [-0.4, -0.2) is 25.9 Å². The Kier molecular flexibility index (Phi) is 5.60. The van der Waals surface area contributed by atoms with Crippen LogP contribution in [0.2, 0.25) is 0 Å². The van der Waals surface area contributed by atoms with Crippen molar-refractivity contribution in [3.63, 3.8) is 0 Å². The second-order valence-electron chi connectivity index (χ2n) is 6.39. The monoisotopic (exact) mass is 384 g/mol. The summed E-state index contributed by atoms with van der Waals surface area (Å²) in [5, 5.41) is 11.6. The summed E-state index contributed by atoms with van der Waals surface area (Å²) < 4.78 is 14.9. The highest BCUT2D eigenvalue weighted by atomic mass is 32.2. The van der Waals surface area contributed by atoms with Crippen molar-refractivity contribution in [3.05, 3.63) is 59.4 Å². The molecule has 2 aromatic carbocycles. The molecule has 1 amide bonds. The number of thioether (sulfide) groups is 1. The number of hydrogen-bond acceptors (Lipinski definition) is 4. The summed E-state index contributed by atoms with van der Waals surface area (Å²) in [4.78, 5) is 12.6. The molecular formula is C20H21FN4OS. The first kappa shape index (κ1) is 19.1. The van der Waals surface area contributed by atoms with Gasteiger partial charge in [0.05, 0.1) is 5.25 Å². The highest BCUT2D eigenvalue weighted by Gasteiger charge is 2.20. The minimum atomic E-state index is -0.354. The van der Waals surface area contributed by atoms with E-state index in [-0.39, 0.29) is 17.0 Å². The molecule has 0 radical (unpaired) electrons. The Morgan fingerprint density at radius 3 is 2.37 bits per heavy atom. The number of anilines is 1. The maximum atomic E-state index is 13.1. The SMILES string of the molecule is Cc1cccc(C)c1NC(=O)C(C)Sc1nnc(-c2ccc(F)cc2)n1C. The van der Waals surface area contributed by atoms with E-state index in [0.717, 1.165) is 22.4 Å². The van der Waals surface area contributed by atoms with Gasteiger partial charge in [0.25, 0.3) is 0 Å². The predicted molar refractivity (Wildman–Crippen MR) is 106 cm³/mol. The van der Waals surface area contributed by atoms with E-state index in [2.05, 4.69) is 15.5 Å². The van der Waals surface area contributed by atoms with Gasteiger partial charge in [-0.3, -0.25) is 4.79 Å². The molecule has 1 aromatic heterocycles. The minimum absolute atomic E-state index is 0.0938. The molecule has 0 fully saturated rings. The number of rotatable bonds is 5. The zero-order chi connectivity index (χ0) is 19.6. The molecule has 1 atom stereocenters. The molecule has 3 aromatic rings. The highest BCUT2D eigenvalue weighted by molar-refractivity contribution is 8.00. The van der Waals surface area contributed by atoms with E-state index in [1.165, 1.54) is 23.9 Å². The maximum absolute atomic E-state index is 13.1. The predicted octanol–water partition coefficient (Wildman–Crippen LogP) is 4.36. The van der Waals surface area contributed by atoms with Gasteiger partial charge in [-0.05, 0) is 56.2 Å². The zero-order valence-electron chi connectivity index (χ0n) is 15.7. The molecule has 3 rings (SSSR count). The van der Waals surface area contributed by atoms with Crippen molar-refractivity contribution in [2.24, 2.45) is 7.05 Å².